The van der Waals surface area contributed by atoms with Crippen molar-refractivity contribution in [2.75, 3.05) is 7.11 Å². The number of methoxy groups -OCH3 is 1. The van der Waals surface area contributed by atoms with Crippen LogP contribution in [-0.4, -0.2) is 23.9 Å². The molecule has 0 spiro atoms. The number of hydrogen-bond acceptors (Lipinski definition) is 4. The fraction of sp³-hybridized carbons (Fsp3) is 0.400. The van der Waals surface area contributed by atoms with Crippen LogP contribution in [0.15, 0.2) is 42.5 Å². The van der Waals surface area contributed by atoms with Gasteiger partial charge in [-0.2, -0.15) is 0 Å². The van der Waals surface area contributed by atoms with Crippen LogP contribution >= 0.6 is 0 Å². The molecule has 2 aromatic rings. The summed E-state index contributed by atoms with van der Waals surface area (Å²) in [6.07, 6.45) is 0.626. The molecule has 2 rings (SSSR count). The van der Waals surface area contributed by atoms with E-state index < -0.39 is 5.60 Å². The van der Waals surface area contributed by atoms with Crippen LogP contribution in [-0.2, 0) is 13.0 Å². The summed E-state index contributed by atoms with van der Waals surface area (Å²) >= 11 is 0. The Morgan fingerprint density at radius 2 is 1.71 bits per heavy atom. The van der Waals surface area contributed by atoms with Crippen LogP contribution in [0.5, 0.6) is 11.5 Å². The van der Waals surface area contributed by atoms with Crippen molar-refractivity contribution in [3.05, 3.63) is 59.2 Å². The summed E-state index contributed by atoms with van der Waals surface area (Å²) in [7, 11) is 1.67. The Morgan fingerprint density at radius 3 is 2.25 bits per heavy atom. The van der Waals surface area contributed by atoms with Crippen molar-refractivity contribution in [1.82, 2.24) is 0 Å². The summed E-state index contributed by atoms with van der Waals surface area (Å²) in [5.41, 5.74) is 8.39. The number of rotatable bonds is 7. The van der Waals surface area contributed by atoms with Gasteiger partial charge in [0.05, 0.1) is 12.7 Å². The van der Waals surface area contributed by atoms with Crippen molar-refractivity contribution in [1.29, 1.82) is 0 Å². The molecule has 0 unspecified atom stereocenters. The molecule has 0 aromatic heterocycles. The molecule has 130 valence electrons. The molecule has 3 N–H and O–H groups in total. The number of aliphatic hydroxyl groups is 1. The molecule has 0 saturated carbocycles. The quantitative estimate of drug-likeness (QED) is 0.818. The first-order valence-electron chi connectivity index (χ1n) is 8.13. The highest BCUT2D eigenvalue weighted by atomic mass is 16.5. The molecular weight excluding hydrogens is 302 g/mol. The maximum Gasteiger partial charge on any atom is 0.121 e. The highest BCUT2D eigenvalue weighted by Crippen LogP contribution is 2.21. The topological polar surface area (TPSA) is 64.7 Å². The van der Waals surface area contributed by atoms with Gasteiger partial charge in [-0.05, 0) is 68.1 Å². The van der Waals surface area contributed by atoms with Gasteiger partial charge in [0.2, 0.25) is 0 Å². The van der Waals surface area contributed by atoms with Gasteiger partial charge in [-0.15, -0.1) is 0 Å². The molecular formula is C20H27NO3. The molecule has 0 aliphatic carbocycles. The van der Waals surface area contributed by atoms with Gasteiger partial charge in [-0.1, -0.05) is 18.2 Å². The lowest BCUT2D eigenvalue weighted by molar-refractivity contribution is 0.0521. The predicted octanol–water partition coefficient (Wildman–Crippen LogP) is 3.22. The second-order valence-electron chi connectivity index (χ2n) is 6.70. The zero-order valence-electron chi connectivity index (χ0n) is 14.9. The van der Waals surface area contributed by atoms with E-state index in [2.05, 4.69) is 6.07 Å². The van der Waals surface area contributed by atoms with E-state index >= 15 is 0 Å². The third kappa shape index (κ3) is 4.98. The van der Waals surface area contributed by atoms with Gasteiger partial charge in [0.25, 0.3) is 0 Å². The van der Waals surface area contributed by atoms with Crippen molar-refractivity contribution >= 4 is 0 Å². The molecule has 0 bridgehead atoms. The summed E-state index contributed by atoms with van der Waals surface area (Å²) in [6, 6.07) is 13.6. The van der Waals surface area contributed by atoms with E-state index in [1.54, 1.807) is 21.0 Å². The van der Waals surface area contributed by atoms with Crippen molar-refractivity contribution < 1.29 is 14.6 Å². The Hall–Kier alpha value is -2.04. The van der Waals surface area contributed by atoms with E-state index in [-0.39, 0.29) is 6.04 Å². The monoisotopic (exact) mass is 329 g/mol. The van der Waals surface area contributed by atoms with E-state index in [4.69, 9.17) is 15.2 Å². The first kappa shape index (κ1) is 18.3. The average Bonchev–Trinajstić information content (AvgIpc) is 2.53. The SMILES string of the molecule is COc1ccc(COc2ccc(C[C@H](N)C(C)(C)O)cc2)cc1C. The first-order valence-corrected chi connectivity index (χ1v) is 8.13. The number of hydrogen-bond donors (Lipinski definition) is 2. The zero-order chi connectivity index (χ0) is 17.7. The van der Waals surface area contributed by atoms with E-state index in [9.17, 15) is 5.11 Å². The van der Waals surface area contributed by atoms with Gasteiger partial charge >= 0.3 is 0 Å². The van der Waals surface area contributed by atoms with E-state index in [0.717, 1.165) is 28.2 Å². The number of nitrogens with two attached hydrogens (primary N) is 1. The molecule has 0 heterocycles. The molecule has 0 fully saturated rings. The molecule has 0 amide bonds. The zero-order valence-corrected chi connectivity index (χ0v) is 14.9. The Morgan fingerprint density at radius 1 is 1.08 bits per heavy atom. The minimum Gasteiger partial charge on any atom is -0.496 e. The lowest BCUT2D eigenvalue weighted by atomic mass is 9.93. The summed E-state index contributed by atoms with van der Waals surface area (Å²) in [6.45, 7) is 5.98. The Kier molecular flexibility index (Phi) is 5.86. The minimum atomic E-state index is -0.888. The smallest absolute Gasteiger partial charge is 0.121 e. The van der Waals surface area contributed by atoms with Crippen molar-refractivity contribution in [3.63, 3.8) is 0 Å². The Labute approximate surface area is 144 Å². The Bertz CT molecular complexity index is 660. The number of ether oxygens (including phenoxy) is 2. The van der Waals surface area contributed by atoms with Crippen LogP contribution in [0.25, 0.3) is 0 Å². The van der Waals surface area contributed by atoms with Gasteiger partial charge < -0.3 is 20.3 Å². The minimum absolute atomic E-state index is 0.299. The van der Waals surface area contributed by atoms with Gasteiger partial charge in [0, 0.05) is 6.04 Å². The number of aryl methyl sites for hydroxylation is 1. The second-order valence-corrected chi connectivity index (χ2v) is 6.70. The third-order valence-corrected chi connectivity index (χ3v) is 4.15. The van der Waals surface area contributed by atoms with Crippen LogP contribution in [0.4, 0.5) is 0 Å². The summed E-state index contributed by atoms with van der Waals surface area (Å²) in [5.74, 6) is 1.69. The fourth-order valence-electron chi connectivity index (χ4n) is 2.42. The second kappa shape index (κ2) is 7.69. The van der Waals surface area contributed by atoms with E-state index in [1.807, 2.05) is 43.3 Å². The molecule has 2 aromatic carbocycles. The average molecular weight is 329 g/mol. The van der Waals surface area contributed by atoms with Crippen LogP contribution < -0.4 is 15.2 Å². The van der Waals surface area contributed by atoms with Crippen molar-refractivity contribution in [2.45, 2.75) is 45.4 Å². The van der Waals surface area contributed by atoms with Gasteiger partial charge in [-0.3, -0.25) is 0 Å². The maximum absolute atomic E-state index is 9.91. The number of benzene rings is 2. The summed E-state index contributed by atoms with van der Waals surface area (Å²) in [5, 5.41) is 9.91. The molecule has 0 radical (unpaired) electrons. The highest BCUT2D eigenvalue weighted by molar-refractivity contribution is 5.36. The van der Waals surface area contributed by atoms with E-state index in [0.29, 0.717) is 13.0 Å². The normalized spacial score (nSPS) is 12.8. The van der Waals surface area contributed by atoms with Gasteiger partial charge in [0.15, 0.2) is 0 Å². The van der Waals surface area contributed by atoms with Crippen LogP contribution in [0.1, 0.15) is 30.5 Å². The molecule has 0 aliphatic rings. The van der Waals surface area contributed by atoms with E-state index in [1.165, 1.54) is 0 Å². The van der Waals surface area contributed by atoms with Crippen LogP contribution in [0.2, 0.25) is 0 Å². The highest BCUT2D eigenvalue weighted by Gasteiger charge is 2.22. The van der Waals surface area contributed by atoms with Crippen LogP contribution in [0, 0.1) is 6.92 Å². The fourth-order valence-corrected chi connectivity index (χ4v) is 2.42. The third-order valence-electron chi connectivity index (χ3n) is 4.15. The summed E-state index contributed by atoms with van der Waals surface area (Å²) < 4.78 is 11.1. The largest absolute Gasteiger partial charge is 0.496 e. The molecule has 0 aliphatic heterocycles. The summed E-state index contributed by atoms with van der Waals surface area (Å²) in [4.78, 5) is 0. The van der Waals surface area contributed by atoms with Crippen molar-refractivity contribution in [3.8, 4) is 11.5 Å². The Balaban J connectivity index is 1.93. The van der Waals surface area contributed by atoms with Gasteiger partial charge in [0.1, 0.15) is 18.1 Å². The standard InChI is InChI=1S/C20H27NO3/c1-14-11-16(7-10-18(14)23-4)13-24-17-8-5-15(6-9-17)12-19(21)20(2,3)22/h5-11,19,22H,12-13,21H2,1-4H3/t19-/m0/s1. The van der Waals surface area contributed by atoms with Gasteiger partial charge in [-0.25, -0.2) is 0 Å². The molecule has 1 atom stereocenters. The molecule has 4 heteroatoms. The lowest BCUT2D eigenvalue weighted by Gasteiger charge is -2.25. The maximum atomic E-state index is 9.91. The van der Waals surface area contributed by atoms with Crippen LogP contribution in [0.3, 0.4) is 0 Å². The molecule has 4 nitrogen and oxygen atoms in total. The molecule has 0 saturated heterocycles. The predicted molar refractivity (Wildman–Crippen MR) is 96.5 cm³/mol. The lowest BCUT2D eigenvalue weighted by Crippen LogP contribution is -2.44. The first-order chi connectivity index (χ1) is 11.3. The molecule has 24 heavy (non-hydrogen) atoms. The van der Waals surface area contributed by atoms with Crippen molar-refractivity contribution in [2.24, 2.45) is 5.73 Å².